The third kappa shape index (κ3) is 1.82. The highest BCUT2D eigenvalue weighted by atomic mass is 32.2. The van der Waals surface area contributed by atoms with Crippen LogP contribution in [0.15, 0.2) is 24.4 Å². The van der Waals surface area contributed by atoms with Crippen molar-refractivity contribution >= 4 is 20.9 Å². The topological polar surface area (TPSA) is 52.0 Å². The first-order valence-corrected chi connectivity index (χ1v) is 7.72. The number of hydrogen-bond acceptors (Lipinski definition) is 3. The molecule has 0 saturated heterocycles. The highest BCUT2D eigenvalue weighted by molar-refractivity contribution is 7.90. The molecule has 5 heteroatoms. The Morgan fingerprint density at radius 1 is 1.33 bits per heavy atom. The standard InChI is InChI=1S/C13H16N2O2S/c1-9(2)10-3-6-13-11(7-10)8-15(14-13)18(16,17)12-4-5-12/h3,6-9,12H,4-5H2,1-2H3. The fraction of sp³-hybridized carbons (Fsp3) is 0.462. The zero-order valence-electron chi connectivity index (χ0n) is 10.5. The van der Waals surface area contributed by atoms with Gasteiger partial charge in [-0.2, -0.15) is 9.19 Å². The largest absolute Gasteiger partial charge is 0.256 e. The van der Waals surface area contributed by atoms with E-state index in [1.54, 1.807) is 6.20 Å². The lowest BCUT2D eigenvalue weighted by Gasteiger charge is -2.03. The molecule has 96 valence electrons. The Morgan fingerprint density at radius 3 is 2.67 bits per heavy atom. The fourth-order valence-electron chi connectivity index (χ4n) is 2.03. The highest BCUT2D eigenvalue weighted by Gasteiger charge is 2.37. The van der Waals surface area contributed by atoms with Gasteiger partial charge in [0.2, 0.25) is 0 Å². The molecule has 2 aromatic rings. The second-order valence-corrected chi connectivity index (χ2v) is 7.29. The Hall–Kier alpha value is -1.36. The van der Waals surface area contributed by atoms with Gasteiger partial charge in [-0.05, 0) is 36.5 Å². The van der Waals surface area contributed by atoms with Gasteiger partial charge in [-0.1, -0.05) is 19.9 Å². The molecule has 1 aromatic carbocycles. The van der Waals surface area contributed by atoms with Crippen molar-refractivity contribution in [3.63, 3.8) is 0 Å². The van der Waals surface area contributed by atoms with Crippen LogP contribution in [-0.4, -0.2) is 22.9 Å². The van der Waals surface area contributed by atoms with Crippen molar-refractivity contribution in [2.24, 2.45) is 0 Å². The van der Waals surface area contributed by atoms with Crippen molar-refractivity contribution in [2.75, 3.05) is 0 Å². The smallest absolute Gasteiger partial charge is 0.204 e. The molecule has 0 spiro atoms. The second-order valence-electron chi connectivity index (χ2n) is 5.22. The summed E-state index contributed by atoms with van der Waals surface area (Å²) in [7, 11) is -3.26. The maximum absolute atomic E-state index is 12.1. The summed E-state index contributed by atoms with van der Waals surface area (Å²) < 4.78 is 25.3. The SMILES string of the molecule is CC(C)c1ccc2nn(S(=O)(=O)C3CC3)cc2c1. The summed E-state index contributed by atoms with van der Waals surface area (Å²) in [5.41, 5.74) is 1.94. The molecule has 0 bridgehead atoms. The van der Waals surface area contributed by atoms with E-state index in [0.717, 1.165) is 27.8 Å². The van der Waals surface area contributed by atoms with E-state index in [9.17, 15) is 8.42 Å². The van der Waals surface area contributed by atoms with E-state index < -0.39 is 10.0 Å². The maximum Gasteiger partial charge on any atom is 0.256 e. The lowest BCUT2D eigenvalue weighted by atomic mass is 10.0. The Morgan fingerprint density at radius 2 is 2.06 bits per heavy atom. The summed E-state index contributed by atoms with van der Waals surface area (Å²) in [4.78, 5) is 0. The summed E-state index contributed by atoms with van der Waals surface area (Å²) in [6.07, 6.45) is 3.15. The third-order valence-corrected chi connectivity index (χ3v) is 5.40. The van der Waals surface area contributed by atoms with Crippen LogP contribution in [0, 0.1) is 0 Å². The van der Waals surface area contributed by atoms with Gasteiger partial charge in [0.1, 0.15) is 0 Å². The molecule has 0 radical (unpaired) electrons. The fourth-order valence-corrected chi connectivity index (χ4v) is 3.53. The minimum Gasteiger partial charge on any atom is -0.204 e. The zero-order chi connectivity index (χ0) is 12.9. The molecular formula is C13H16N2O2S. The van der Waals surface area contributed by atoms with Crippen LogP contribution in [0.4, 0.5) is 0 Å². The van der Waals surface area contributed by atoms with Crippen LogP contribution in [0.2, 0.25) is 0 Å². The molecule has 0 unspecified atom stereocenters. The minimum absolute atomic E-state index is 0.226. The van der Waals surface area contributed by atoms with E-state index in [2.05, 4.69) is 18.9 Å². The van der Waals surface area contributed by atoms with Crippen molar-refractivity contribution in [2.45, 2.75) is 37.9 Å². The van der Waals surface area contributed by atoms with E-state index >= 15 is 0 Å². The van der Waals surface area contributed by atoms with Crippen molar-refractivity contribution in [1.82, 2.24) is 9.19 Å². The molecule has 1 aromatic heterocycles. The number of benzene rings is 1. The predicted molar refractivity (Wildman–Crippen MR) is 71.2 cm³/mol. The average Bonchev–Trinajstić information content (AvgIpc) is 3.08. The molecule has 3 rings (SSSR count). The number of rotatable bonds is 3. The molecule has 1 saturated carbocycles. The summed E-state index contributed by atoms with van der Waals surface area (Å²) >= 11 is 0. The second kappa shape index (κ2) is 3.82. The Labute approximate surface area is 107 Å². The van der Waals surface area contributed by atoms with Crippen molar-refractivity contribution in [1.29, 1.82) is 0 Å². The third-order valence-electron chi connectivity index (χ3n) is 3.38. The molecular weight excluding hydrogens is 248 g/mol. The summed E-state index contributed by atoms with van der Waals surface area (Å²) in [5.74, 6) is 0.429. The summed E-state index contributed by atoms with van der Waals surface area (Å²) in [5, 5.41) is 4.84. The van der Waals surface area contributed by atoms with Crippen LogP contribution in [-0.2, 0) is 10.0 Å². The van der Waals surface area contributed by atoms with Gasteiger partial charge in [-0.3, -0.25) is 0 Å². The molecule has 18 heavy (non-hydrogen) atoms. The molecule has 0 amide bonds. The average molecular weight is 264 g/mol. The Kier molecular flexibility index (Phi) is 2.48. The summed E-state index contributed by atoms with van der Waals surface area (Å²) in [6.45, 7) is 4.24. The first-order valence-electron chi connectivity index (χ1n) is 6.22. The van der Waals surface area contributed by atoms with Gasteiger partial charge in [-0.15, -0.1) is 0 Å². The van der Waals surface area contributed by atoms with Gasteiger partial charge in [0.25, 0.3) is 10.0 Å². The number of fused-ring (bicyclic) bond motifs is 1. The lowest BCUT2D eigenvalue weighted by molar-refractivity contribution is 0.579. The molecule has 0 atom stereocenters. The molecule has 1 fully saturated rings. The minimum atomic E-state index is -3.26. The van der Waals surface area contributed by atoms with E-state index in [1.165, 1.54) is 5.56 Å². The monoisotopic (exact) mass is 264 g/mol. The van der Waals surface area contributed by atoms with Gasteiger partial charge >= 0.3 is 0 Å². The van der Waals surface area contributed by atoms with Gasteiger partial charge < -0.3 is 0 Å². The van der Waals surface area contributed by atoms with Gasteiger partial charge in [0.05, 0.1) is 17.0 Å². The van der Waals surface area contributed by atoms with E-state index in [0.29, 0.717) is 5.92 Å². The lowest BCUT2D eigenvalue weighted by Crippen LogP contribution is -2.17. The van der Waals surface area contributed by atoms with Crippen molar-refractivity contribution < 1.29 is 8.42 Å². The number of aromatic nitrogens is 2. The molecule has 1 aliphatic rings. The maximum atomic E-state index is 12.1. The number of nitrogens with zero attached hydrogens (tertiary/aromatic N) is 2. The Balaban J connectivity index is 2.11. The van der Waals surface area contributed by atoms with Crippen LogP contribution < -0.4 is 0 Å². The van der Waals surface area contributed by atoms with Crippen LogP contribution in [0.1, 0.15) is 38.2 Å². The summed E-state index contributed by atoms with van der Waals surface area (Å²) in [6, 6.07) is 5.92. The molecule has 0 N–H and O–H groups in total. The van der Waals surface area contributed by atoms with E-state index in [4.69, 9.17) is 0 Å². The highest BCUT2D eigenvalue weighted by Crippen LogP contribution is 2.30. The number of hydrogen-bond donors (Lipinski definition) is 0. The molecule has 1 heterocycles. The quantitative estimate of drug-likeness (QED) is 0.856. The van der Waals surface area contributed by atoms with Gasteiger partial charge in [0.15, 0.2) is 0 Å². The van der Waals surface area contributed by atoms with Crippen molar-refractivity contribution in [3.05, 3.63) is 30.0 Å². The Bertz CT molecular complexity index is 697. The zero-order valence-corrected chi connectivity index (χ0v) is 11.3. The van der Waals surface area contributed by atoms with Crippen LogP contribution in [0.25, 0.3) is 10.9 Å². The molecule has 1 aliphatic carbocycles. The van der Waals surface area contributed by atoms with Crippen LogP contribution >= 0.6 is 0 Å². The van der Waals surface area contributed by atoms with Crippen LogP contribution in [0.5, 0.6) is 0 Å². The van der Waals surface area contributed by atoms with Crippen molar-refractivity contribution in [3.8, 4) is 0 Å². The molecule has 0 aliphatic heterocycles. The van der Waals surface area contributed by atoms with E-state index in [1.807, 2.05) is 18.2 Å². The predicted octanol–water partition coefficient (Wildman–Crippen LogP) is 2.50. The first-order chi connectivity index (χ1) is 8.48. The normalized spacial score (nSPS) is 16.6. The first kappa shape index (κ1) is 11.7. The molecule has 4 nitrogen and oxygen atoms in total. The van der Waals surface area contributed by atoms with Crippen LogP contribution in [0.3, 0.4) is 0 Å². The van der Waals surface area contributed by atoms with E-state index in [-0.39, 0.29) is 5.25 Å². The van der Waals surface area contributed by atoms with Gasteiger partial charge in [0, 0.05) is 5.39 Å². The van der Waals surface area contributed by atoms with Gasteiger partial charge in [-0.25, -0.2) is 8.42 Å².